The summed E-state index contributed by atoms with van der Waals surface area (Å²) < 4.78 is 0. The number of nitrogens with one attached hydrogen (secondary N) is 1. The van der Waals surface area contributed by atoms with Crippen LogP contribution in [-0.4, -0.2) is 39.1 Å². The van der Waals surface area contributed by atoms with Crippen LogP contribution in [0.25, 0.3) is 0 Å². The van der Waals surface area contributed by atoms with E-state index in [1.807, 2.05) is 20.9 Å². The van der Waals surface area contributed by atoms with E-state index in [9.17, 15) is 4.79 Å². The van der Waals surface area contributed by atoms with Gasteiger partial charge in [-0.15, -0.1) is 5.10 Å². The fourth-order valence-corrected chi connectivity index (χ4v) is 1.41. The molecule has 0 radical (unpaired) electrons. The van der Waals surface area contributed by atoms with Gasteiger partial charge in [0.1, 0.15) is 5.82 Å². The maximum atomic E-state index is 11.8. The Morgan fingerprint density at radius 2 is 2.20 bits per heavy atom. The van der Waals surface area contributed by atoms with Crippen LogP contribution in [0, 0.1) is 0 Å². The number of amides is 1. The number of nitrogens with zero attached hydrogens (tertiary/aromatic N) is 3. The van der Waals surface area contributed by atoms with Gasteiger partial charge in [0.2, 0.25) is 5.82 Å². The summed E-state index contributed by atoms with van der Waals surface area (Å²) >= 11 is 0. The molecule has 1 amide bonds. The van der Waals surface area contributed by atoms with E-state index in [1.165, 1.54) is 0 Å². The second-order valence-electron chi connectivity index (χ2n) is 4.35. The first-order chi connectivity index (χ1) is 7.09. The molecule has 2 rings (SSSR count). The van der Waals surface area contributed by atoms with E-state index in [4.69, 9.17) is 0 Å². The van der Waals surface area contributed by atoms with Crippen LogP contribution in [0.5, 0.6) is 0 Å². The summed E-state index contributed by atoms with van der Waals surface area (Å²) in [7, 11) is 1.81. The molecule has 0 aromatic carbocycles. The molecule has 0 unspecified atom stereocenters. The lowest BCUT2D eigenvalue weighted by atomic mass is 10.2. The van der Waals surface area contributed by atoms with Gasteiger partial charge in [-0.2, -0.15) is 0 Å². The van der Waals surface area contributed by atoms with Crippen molar-refractivity contribution in [1.82, 2.24) is 20.1 Å². The smallest absolute Gasteiger partial charge is 0.293 e. The summed E-state index contributed by atoms with van der Waals surface area (Å²) in [5.41, 5.74) is 0. The second-order valence-corrected chi connectivity index (χ2v) is 4.35. The summed E-state index contributed by atoms with van der Waals surface area (Å²) in [6.07, 6.45) is 2.20. The highest BCUT2D eigenvalue weighted by Crippen LogP contribution is 2.26. The van der Waals surface area contributed by atoms with Gasteiger partial charge in [0, 0.05) is 19.0 Å². The first-order valence-electron chi connectivity index (χ1n) is 5.29. The molecule has 1 aromatic heterocycles. The number of carbonyl (C=O) groups is 1. The summed E-state index contributed by atoms with van der Waals surface area (Å²) in [5.74, 6) is 1.24. The fourth-order valence-electron chi connectivity index (χ4n) is 1.41. The van der Waals surface area contributed by atoms with Gasteiger partial charge in [-0.25, -0.2) is 4.98 Å². The standard InChI is InChI=1S/C10H16N4O/c1-6(2)8-11-9(13-12-8)10(15)14(3)7-4-5-7/h6-7H,4-5H2,1-3H3,(H,11,12,13). The Morgan fingerprint density at radius 1 is 1.53 bits per heavy atom. The minimum atomic E-state index is -0.0827. The third-order valence-corrected chi connectivity index (χ3v) is 2.66. The lowest BCUT2D eigenvalue weighted by molar-refractivity contribution is 0.0773. The molecular formula is C10H16N4O. The van der Waals surface area contributed by atoms with Gasteiger partial charge < -0.3 is 4.90 Å². The van der Waals surface area contributed by atoms with Crippen LogP contribution < -0.4 is 0 Å². The maximum absolute atomic E-state index is 11.8. The second kappa shape index (κ2) is 3.64. The molecule has 0 aliphatic heterocycles. The van der Waals surface area contributed by atoms with Crippen LogP contribution in [0.15, 0.2) is 0 Å². The van der Waals surface area contributed by atoms with Crippen molar-refractivity contribution >= 4 is 5.91 Å². The lowest BCUT2D eigenvalue weighted by Gasteiger charge is -2.13. The number of H-pyrrole nitrogens is 1. The van der Waals surface area contributed by atoms with Gasteiger partial charge in [-0.05, 0) is 12.8 Å². The van der Waals surface area contributed by atoms with Gasteiger partial charge in [-0.1, -0.05) is 13.8 Å². The number of carbonyl (C=O) groups excluding carboxylic acids is 1. The number of hydrogen-bond acceptors (Lipinski definition) is 3. The maximum Gasteiger partial charge on any atom is 0.293 e. The average molecular weight is 208 g/mol. The van der Waals surface area contributed by atoms with Crippen LogP contribution in [0.1, 0.15) is 49.1 Å². The zero-order valence-electron chi connectivity index (χ0n) is 9.32. The van der Waals surface area contributed by atoms with E-state index in [-0.39, 0.29) is 17.6 Å². The van der Waals surface area contributed by atoms with Crippen molar-refractivity contribution in [2.24, 2.45) is 0 Å². The first kappa shape index (κ1) is 10.1. The highest BCUT2D eigenvalue weighted by Gasteiger charge is 2.31. The molecule has 15 heavy (non-hydrogen) atoms. The third kappa shape index (κ3) is 2.00. The molecule has 5 heteroatoms. The number of rotatable bonds is 3. The minimum absolute atomic E-state index is 0.0827. The summed E-state index contributed by atoms with van der Waals surface area (Å²) in [6.45, 7) is 4.03. The average Bonchev–Trinajstić information content (AvgIpc) is 2.93. The van der Waals surface area contributed by atoms with Crippen LogP contribution in [-0.2, 0) is 0 Å². The molecule has 0 bridgehead atoms. The number of aromatic nitrogens is 3. The first-order valence-corrected chi connectivity index (χ1v) is 5.29. The summed E-state index contributed by atoms with van der Waals surface area (Å²) in [6, 6.07) is 0.401. The molecular weight excluding hydrogens is 192 g/mol. The Kier molecular flexibility index (Phi) is 2.46. The molecule has 5 nitrogen and oxygen atoms in total. The van der Waals surface area contributed by atoms with E-state index < -0.39 is 0 Å². The number of hydrogen-bond donors (Lipinski definition) is 1. The highest BCUT2D eigenvalue weighted by atomic mass is 16.2. The highest BCUT2D eigenvalue weighted by molar-refractivity contribution is 5.90. The molecule has 1 aliphatic carbocycles. The van der Waals surface area contributed by atoms with Gasteiger partial charge in [-0.3, -0.25) is 9.89 Å². The van der Waals surface area contributed by atoms with Crippen LogP contribution >= 0.6 is 0 Å². The van der Waals surface area contributed by atoms with Gasteiger partial charge in [0.05, 0.1) is 0 Å². The quantitative estimate of drug-likeness (QED) is 0.810. The third-order valence-electron chi connectivity index (χ3n) is 2.66. The normalized spacial score (nSPS) is 15.7. The topological polar surface area (TPSA) is 61.9 Å². The van der Waals surface area contributed by atoms with Crippen molar-refractivity contribution in [3.8, 4) is 0 Å². The van der Waals surface area contributed by atoms with E-state index in [2.05, 4.69) is 15.2 Å². The monoisotopic (exact) mass is 208 g/mol. The van der Waals surface area contributed by atoms with E-state index >= 15 is 0 Å². The Morgan fingerprint density at radius 3 is 2.67 bits per heavy atom. The summed E-state index contributed by atoms with van der Waals surface area (Å²) in [4.78, 5) is 17.8. The van der Waals surface area contributed by atoms with Crippen molar-refractivity contribution in [3.05, 3.63) is 11.6 Å². The molecule has 0 atom stereocenters. The molecule has 1 aromatic rings. The number of aromatic amines is 1. The Hall–Kier alpha value is -1.39. The Balaban J connectivity index is 2.10. The van der Waals surface area contributed by atoms with Crippen molar-refractivity contribution in [2.75, 3.05) is 7.05 Å². The van der Waals surface area contributed by atoms with Crippen molar-refractivity contribution < 1.29 is 4.79 Å². The largest absolute Gasteiger partial charge is 0.336 e. The van der Waals surface area contributed by atoms with Crippen LogP contribution in [0.2, 0.25) is 0 Å². The van der Waals surface area contributed by atoms with Crippen molar-refractivity contribution in [1.29, 1.82) is 0 Å². The van der Waals surface area contributed by atoms with Crippen LogP contribution in [0.3, 0.4) is 0 Å². The Bertz CT molecular complexity index is 367. The zero-order valence-corrected chi connectivity index (χ0v) is 9.32. The molecule has 0 saturated heterocycles. The molecule has 82 valence electrons. The zero-order chi connectivity index (χ0) is 11.0. The lowest BCUT2D eigenvalue weighted by Crippen LogP contribution is -2.29. The SMILES string of the molecule is CC(C)c1nc(C(=O)N(C)C2CC2)n[nH]1. The molecule has 1 saturated carbocycles. The molecule has 1 aliphatic rings. The van der Waals surface area contributed by atoms with Gasteiger partial charge in [0.25, 0.3) is 5.91 Å². The van der Waals surface area contributed by atoms with Gasteiger partial charge >= 0.3 is 0 Å². The van der Waals surface area contributed by atoms with Crippen molar-refractivity contribution in [3.63, 3.8) is 0 Å². The van der Waals surface area contributed by atoms with E-state index in [0.29, 0.717) is 6.04 Å². The molecule has 1 fully saturated rings. The molecule has 1 N–H and O–H groups in total. The van der Waals surface area contributed by atoms with Gasteiger partial charge in [0.15, 0.2) is 0 Å². The van der Waals surface area contributed by atoms with E-state index in [0.717, 1.165) is 18.7 Å². The fraction of sp³-hybridized carbons (Fsp3) is 0.700. The van der Waals surface area contributed by atoms with Crippen LogP contribution in [0.4, 0.5) is 0 Å². The predicted molar refractivity (Wildman–Crippen MR) is 55.6 cm³/mol. The summed E-state index contributed by atoms with van der Waals surface area (Å²) in [5, 5.41) is 6.73. The molecule has 1 heterocycles. The Labute approximate surface area is 88.9 Å². The van der Waals surface area contributed by atoms with Crippen molar-refractivity contribution in [2.45, 2.75) is 38.6 Å². The predicted octanol–water partition coefficient (Wildman–Crippen LogP) is 1.16. The molecule has 0 spiro atoms. The van der Waals surface area contributed by atoms with E-state index in [1.54, 1.807) is 4.90 Å². The minimum Gasteiger partial charge on any atom is -0.336 e.